The molecule has 0 spiro atoms. The van der Waals surface area contributed by atoms with Crippen LogP contribution in [-0.4, -0.2) is 21.5 Å². The van der Waals surface area contributed by atoms with Gasteiger partial charge in [-0.25, -0.2) is 9.97 Å². The van der Waals surface area contributed by atoms with E-state index < -0.39 is 0 Å². The van der Waals surface area contributed by atoms with E-state index in [0.717, 1.165) is 11.2 Å². The minimum Gasteiger partial charge on any atom is -0.345 e. The third-order valence-electron chi connectivity index (χ3n) is 1.75. The lowest BCUT2D eigenvalue weighted by Crippen LogP contribution is -1.95. The van der Waals surface area contributed by atoms with Crippen molar-refractivity contribution in [1.82, 2.24) is 15.0 Å². The van der Waals surface area contributed by atoms with Gasteiger partial charge in [-0.3, -0.25) is 0 Å². The standard InChI is InChI=1S/C10H10N4/c11-5-2-1-3-8-7-13-10-9(14-8)4-6-12-10/h4,6-7H,2,5,11H2,(H,12,13). The molecule has 0 unspecified atom stereocenters. The highest BCUT2D eigenvalue weighted by atomic mass is 14.9. The van der Waals surface area contributed by atoms with E-state index >= 15 is 0 Å². The Kier molecular flexibility index (Phi) is 2.43. The number of hydrogen-bond acceptors (Lipinski definition) is 3. The summed E-state index contributed by atoms with van der Waals surface area (Å²) in [5.74, 6) is 5.83. The van der Waals surface area contributed by atoms with Crippen molar-refractivity contribution in [3.8, 4) is 11.8 Å². The summed E-state index contributed by atoms with van der Waals surface area (Å²) >= 11 is 0. The zero-order valence-corrected chi connectivity index (χ0v) is 7.62. The van der Waals surface area contributed by atoms with E-state index in [2.05, 4.69) is 26.8 Å². The Morgan fingerprint density at radius 2 is 2.43 bits per heavy atom. The Bertz CT molecular complexity index is 489. The van der Waals surface area contributed by atoms with Gasteiger partial charge in [-0.2, -0.15) is 0 Å². The molecule has 0 saturated heterocycles. The molecule has 0 aromatic carbocycles. The van der Waals surface area contributed by atoms with Gasteiger partial charge in [0.1, 0.15) is 11.2 Å². The van der Waals surface area contributed by atoms with Crippen molar-refractivity contribution in [2.45, 2.75) is 6.42 Å². The number of aromatic amines is 1. The third-order valence-corrected chi connectivity index (χ3v) is 1.75. The zero-order valence-electron chi connectivity index (χ0n) is 7.62. The van der Waals surface area contributed by atoms with Crippen LogP contribution in [0.3, 0.4) is 0 Å². The summed E-state index contributed by atoms with van der Waals surface area (Å²) in [5, 5.41) is 0. The van der Waals surface area contributed by atoms with Crippen molar-refractivity contribution in [3.05, 3.63) is 24.2 Å². The molecule has 0 aliphatic rings. The topological polar surface area (TPSA) is 67.6 Å². The van der Waals surface area contributed by atoms with Crippen molar-refractivity contribution in [2.24, 2.45) is 5.73 Å². The molecule has 0 atom stereocenters. The lowest BCUT2D eigenvalue weighted by molar-refractivity contribution is 1.03. The number of nitrogens with zero attached hydrogens (tertiary/aromatic N) is 2. The number of rotatable bonds is 1. The second-order valence-electron chi connectivity index (χ2n) is 2.81. The van der Waals surface area contributed by atoms with Crippen LogP contribution in [0.1, 0.15) is 12.1 Å². The minimum absolute atomic E-state index is 0.576. The second-order valence-corrected chi connectivity index (χ2v) is 2.81. The Labute approximate surface area is 81.6 Å². The summed E-state index contributed by atoms with van der Waals surface area (Å²) in [6, 6.07) is 1.87. The Morgan fingerprint density at radius 3 is 3.29 bits per heavy atom. The molecule has 14 heavy (non-hydrogen) atoms. The van der Waals surface area contributed by atoms with Crippen LogP contribution in [0.5, 0.6) is 0 Å². The first-order valence-electron chi connectivity index (χ1n) is 4.39. The molecule has 3 N–H and O–H groups in total. The van der Waals surface area contributed by atoms with Crippen LogP contribution in [0.15, 0.2) is 18.5 Å². The third kappa shape index (κ3) is 1.73. The first-order chi connectivity index (χ1) is 6.90. The summed E-state index contributed by atoms with van der Waals surface area (Å²) in [7, 11) is 0. The first-order valence-corrected chi connectivity index (χ1v) is 4.39. The molecule has 0 saturated carbocycles. The molecule has 2 heterocycles. The van der Waals surface area contributed by atoms with Crippen molar-refractivity contribution in [3.63, 3.8) is 0 Å². The van der Waals surface area contributed by atoms with Gasteiger partial charge < -0.3 is 10.7 Å². The predicted octanol–water partition coefficient (Wildman–Crippen LogP) is 0.658. The van der Waals surface area contributed by atoms with Gasteiger partial charge in [0, 0.05) is 19.2 Å². The minimum atomic E-state index is 0.576. The largest absolute Gasteiger partial charge is 0.345 e. The van der Waals surface area contributed by atoms with Gasteiger partial charge in [0.25, 0.3) is 0 Å². The molecule has 4 heteroatoms. The van der Waals surface area contributed by atoms with Gasteiger partial charge in [-0.1, -0.05) is 5.92 Å². The zero-order chi connectivity index (χ0) is 9.80. The maximum atomic E-state index is 5.32. The average molecular weight is 186 g/mol. The Hall–Kier alpha value is -1.86. The van der Waals surface area contributed by atoms with Crippen LogP contribution < -0.4 is 5.73 Å². The number of hydrogen-bond donors (Lipinski definition) is 2. The molecule has 0 aliphatic heterocycles. The average Bonchev–Trinajstić information content (AvgIpc) is 2.65. The fourth-order valence-corrected chi connectivity index (χ4v) is 1.12. The van der Waals surface area contributed by atoms with Crippen molar-refractivity contribution < 1.29 is 0 Å². The van der Waals surface area contributed by atoms with Gasteiger partial charge in [0.15, 0.2) is 5.65 Å². The predicted molar refractivity (Wildman–Crippen MR) is 54.4 cm³/mol. The van der Waals surface area contributed by atoms with Crippen LogP contribution in [0.2, 0.25) is 0 Å². The van der Waals surface area contributed by atoms with Crippen molar-refractivity contribution >= 4 is 11.2 Å². The molecule has 0 bridgehead atoms. The monoisotopic (exact) mass is 186 g/mol. The molecule has 0 aliphatic carbocycles. The van der Waals surface area contributed by atoms with Crippen LogP contribution >= 0.6 is 0 Å². The first kappa shape index (κ1) is 8.73. The Balaban J connectivity index is 2.31. The molecule has 0 fully saturated rings. The normalized spacial score (nSPS) is 9.79. The molecule has 2 aromatic heterocycles. The van der Waals surface area contributed by atoms with Crippen LogP contribution in [0.25, 0.3) is 11.2 Å². The summed E-state index contributed by atoms with van der Waals surface area (Å²) in [6.07, 6.45) is 4.15. The summed E-state index contributed by atoms with van der Waals surface area (Å²) in [5.41, 5.74) is 7.63. The highest BCUT2D eigenvalue weighted by Crippen LogP contribution is 2.05. The maximum absolute atomic E-state index is 5.32. The van der Waals surface area contributed by atoms with Crippen LogP contribution in [0, 0.1) is 11.8 Å². The van der Waals surface area contributed by atoms with Gasteiger partial charge in [0.05, 0.1) is 6.20 Å². The SMILES string of the molecule is NCCC#Cc1cnc2[nH]ccc2n1. The molecule has 2 aromatic rings. The number of H-pyrrole nitrogens is 1. The summed E-state index contributed by atoms with van der Waals surface area (Å²) in [6.45, 7) is 0.576. The maximum Gasteiger partial charge on any atom is 0.156 e. The molecular weight excluding hydrogens is 176 g/mol. The lowest BCUT2D eigenvalue weighted by atomic mass is 10.3. The van der Waals surface area contributed by atoms with Crippen LogP contribution in [-0.2, 0) is 0 Å². The van der Waals surface area contributed by atoms with Crippen molar-refractivity contribution in [2.75, 3.05) is 6.54 Å². The summed E-state index contributed by atoms with van der Waals surface area (Å²) < 4.78 is 0. The Morgan fingerprint density at radius 1 is 1.50 bits per heavy atom. The molecule has 4 nitrogen and oxygen atoms in total. The van der Waals surface area contributed by atoms with Gasteiger partial charge in [-0.15, -0.1) is 0 Å². The van der Waals surface area contributed by atoms with E-state index in [1.807, 2.05) is 12.3 Å². The van der Waals surface area contributed by atoms with Gasteiger partial charge in [-0.05, 0) is 12.0 Å². The number of fused-ring (bicyclic) bond motifs is 1. The van der Waals surface area contributed by atoms with E-state index in [1.54, 1.807) is 6.20 Å². The second kappa shape index (κ2) is 3.90. The quantitative estimate of drug-likeness (QED) is 0.643. The highest BCUT2D eigenvalue weighted by molar-refractivity contribution is 5.70. The van der Waals surface area contributed by atoms with Gasteiger partial charge >= 0.3 is 0 Å². The fraction of sp³-hybridized carbons (Fsp3) is 0.200. The molecule has 0 radical (unpaired) electrons. The highest BCUT2D eigenvalue weighted by Gasteiger charge is 1.96. The van der Waals surface area contributed by atoms with E-state index in [9.17, 15) is 0 Å². The molecule has 2 rings (SSSR count). The van der Waals surface area contributed by atoms with E-state index in [4.69, 9.17) is 5.73 Å². The van der Waals surface area contributed by atoms with Crippen molar-refractivity contribution in [1.29, 1.82) is 0 Å². The number of nitrogens with one attached hydrogen (secondary N) is 1. The lowest BCUT2D eigenvalue weighted by Gasteiger charge is -1.89. The molecule has 0 amide bonds. The molecule has 70 valence electrons. The van der Waals surface area contributed by atoms with E-state index in [0.29, 0.717) is 18.7 Å². The summed E-state index contributed by atoms with van der Waals surface area (Å²) in [4.78, 5) is 11.4. The van der Waals surface area contributed by atoms with E-state index in [1.165, 1.54) is 0 Å². The smallest absolute Gasteiger partial charge is 0.156 e. The van der Waals surface area contributed by atoms with Crippen LogP contribution in [0.4, 0.5) is 0 Å². The fourth-order valence-electron chi connectivity index (χ4n) is 1.12. The number of nitrogens with two attached hydrogens (primary N) is 1. The molecular formula is C10H10N4. The number of aromatic nitrogens is 3. The van der Waals surface area contributed by atoms with E-state index in [-0.39, 0.29) is 0 Å². The van der Waals surface area contributed by atoms with Gasteiger partial charge in [0.2, 0.25) is 0 Å².